The van der Waals surface area contributed by atoms with Crippen molar-refractivity contribution in [2.45, 2.75) is 26.3 Å². The second-order valence-electron chi connectivity index (χ2n) is 6.61. The predicted octanol–water partition coefficient (Wildman–Crippen LogP) is 2.59. The van der Waals surface area contributed by atoms with E-state index < -0.39 is 0 Å². The summed E-state index contributed by atoms with van der Waals surface area (Å²) in [6.45, 7) is 6.83. The molecule has 3 unspecified atom stereocenters. The van der Waals surface area contributed by atoms with Gasteiger partial charge in [-0.1, -0.05) is 26.0 Å². The first-order valence-corrected chi connectivity index (χ1v) is 7.83. The minimum Gasteiger partial charge on any atom is -0.335 e. The van der Waals surface area contributed by atoms with E-state index in [2.05, 4.69) is 12.2 Å². The van der Waals surface area contributed by atoms with E-state index in [9.17, 15) is 9.18 Å². The molecule has 2 aliphatic heterocycles. The van der Waals surface area contributed by atoms with Gasteiger partial charge in [0.2, 0.25) is 5.91 Å². The van der Waals surface area contributed by atoms with Crippen molar-refractivity contribution in [1.82, 2.24) is 10.2 Å². The molecule has 2 heterocycles. The van der Waals surface area contributed by atoms with Gasteiger partial charge in [0.15, 0.2) is 0 Å². The van der Waals surface area contributed by atoms with Gasteiger partial charge in [0, 0.05) is 12.5 Å². The molecule has 2 fully saturated rings. The van der Waals surface area contributed by atoms with Gasteiger partial charge in [0.1, 0.15) is 5.82 Å². The third-order valence-corrected chi connectivity index (χ3v) is 4.94. The van der Waals surface area contributed by atoms with Crippen LogP contribution in [0, 0.1) is 23.6 Å². The molecule has 4 heteroatoms. The summed E-state index contributed by atoms with van der Waals surface area (Å²) in [5.41, 5.74) is 0.923. The van der Waals surface area contributed by atoms with Crippen LogP contribution in [0.5, 0.6) is 0 Å². The van der Waals surface area contributed by atoms with E-state index in [0.717, 1.165) is 31.6 Å². The van der Waals surface area contributed by atoms with E-state index in [0.29, 0.717) is 11.8 Å². The second-order valence-corrected chi connectivity index (χ2v) is 6.61. The summed E-state index contributed by atoms with van der Waals surface area (Å²) in [6.07, 6.45) is 0.921. The molecule has 0 bridgehead atoms. The Balaban J connectivity index is 1.80. The van der Waals surface area contributed by atoms with E-state index in [1.807, 2.05) is 17.9 Å². The summed E-state index contributed by atoms with van der Waals surface area (Å²) < 4.78 is 13.5. The van der Waals surface area contributed by atoms with Crippen molar-refractivity contribution in [2.24, 2.45) is 17.8 Å². The van der Waals surface area contributed by atoms with Crippen molar-refractivity contribution >= 4 is 5.91 Å². The van der Waals surface area contributed by atoms with Gasteiger partial charge in [-0.25, -0.2) is 4.39 Å². The molecular weight excluding hydrogens is 267 g/mol. The summed E-state index contributed by atoms with van der Waals surface area (Å²) in [6, 6.07) is 6.71. The first-order valence-electron chi connectivity index (χ1n) is 7.83. The molecule has 3 rings (SSSR count). The van der Waals surface area contributed by atoms with Crippen molar-refractivity contribution in [3.63, 3.8) is 0 Å². The molecule has 0 aliphatic carbocycles. The molecule has 0 spiro atoms. The molecule has 0 saturated carbocycles. The van der Waals surface area contributed by atoms with Crippen LogP contribution >= 0.6 is 0 Å². The second kappa shape index (κ2) is 5.76. The van der Waals surface area contributed by atoms with Crippen molar-refractivity contribution in [3.05, 3.63) is 35.6 Å². The van der Waals surface area contributed by atoms with Gasteiger partial charge in [0.05, 0.1) is 6.04 Å². The summed E-state index contributed by atoms with van der Waals surface area (Å²) in [4.78, 5) is 14.8. The summed E-state index contributed by atoms with van der Waals surface area (Å²) >= 11 is 0. The molecule has 1 N–H and O–H groups in total. The van der Waals surface area contributed by atoms with Crippen LogP contribution < -0.4 is 5.32 Å². The maximum atomic E-state index is 13.5. The van der Waals surface area contributed by atoms with Gasteiger partial charge >= 0.3 is 0 Å². The van der Waals surface area contributed by atoms with Crippen LogP contribution in [0.15, 0.2) is 24.3 Å². The Bertz CT molecular complexity index is 529. The fraction of sp³-hybridized carbons (Fsp3) is 0.588. The summed E-state index contributed by atoms with van der Waals surface area (Å²) in [7, 11) is 0. The maximum Gasteiger partial charge on any atom is 0.226 e. The quantitative estimate of drug-likeness (QED) is 0.928. The molecule has 1 amide bonds. The van der Waals surface area contributed by atoms with Gasteiger partial charge in [-0.05, 0) is 49.0 Å². The zero-order valence-corrected chi connectivity index (χ0v) is 12.7. The zero-order chi connectivity index (χ0) is 15.0. The van der Waals surface area contributed by atoms with Crippen LogP contribution in [-0.4, -0.2) is 30.4 Å². The zero-order valence-electron chi connectivity index (χ0n) is 12.7. The normalized spacial score (nSPS) is 27.5. The molecule has 114 valence electrons. The van der Waals surface area contributed by atoms with Gasteiger partial charge in [0.25, 0.3) is 0 Å². The Labute approximate surface area is 125 Å². The first-order chi connectivity index (χ1) is 10.1. The smallest absolute Gasteiger partial charge is 0.226 e. The van der Waals surface area contributed by atoms with E-state index in [-0.39, 0.29) is 23.7 Å². The van der Waals surface area contributed by atoms with Crippen LogP contribution in [0.2, 0.25) is 0 Å². The third kappa shape index (κ3) is 2.82. The van der Waals surface area contributed by atoms with Crippen LogP contribution in [0.1, 0.15) is 31.9 Å². The number of carbonyl (C=O) groups is 1. The first kappa shape index (κ1) is 14.5. The molecule has 1 aromatic rings. The summed E-state index contributed by atoms with van der Waals surface area (Å²) in [5.74, 6) is 0.957. The van der Waals surface area contributed by atoms with Gasteiger partial charge in [-0.15, -0.1) is 0 Å². The van der Waals surface area contributed by atoms with E-state index in [4.69, 9.17) is 0 Å². The minimum atomic E-state index is -0.226. The van der Waals surface area contributed by atoms with E-state index in [1.54, 1.807) is 12.1 Å². The average molecular weight is 290 g/mol. The maximum absolute atomic E-state index is 13.5. The SMILES string of the molecule is CC1CC(c2cccc(F)c2)N(C(=O)C(C)C2CNC2)C1. The number of halogens is 1. The highest BCUT2D eigenvalue weighted by Gasteiger charge is 2.39. The average Bonchev–Trinajstić information content (AvgIpc) is 2.78. The Morgan fingerprint density at radius 3 is 2.81 bits per heavy atom. The van der Waals surface area contributed by atoms with Crippen LogP contribution in [0.3, 0.4) is 0 Å². The minimum absolute atomic E-state index is 0.0266. The molecular formula is C17H23FN2O. The number of hydrogen-bond acceptors (Lipinski definition) is 2. The molecule has 2 saturated heterocycles. The number of carbonyl (C=O) groups excluding carboxylic acids is 1. The van der Waals surface area contributed by atoms with Gasteiger partial charge in [-0.3, -0.25) is 4.79 Å². The lowest BCUT2D eigenvalue weighted by Crippen LogP contribution is -2.50. The molecule has 3 nitrogen and oxygen atoms in total. The number of nitrogens with zero attached hydrogens (tertiary/aromatic N) is 1. The van der Waals surface area contributed by atoms with Crippen LogP contribution in [0.4, 0.5) is 4.39 Å². The predicted molar refractivity (Wildman–Crippen MR) is 80.2 cm³/mol. The Hall–Kier alpha value is -1.42. The fourth-order valence-electron chi connectivity index (χ4n) is 3.45. The molecule has 21 heavy (non-hydrogen) atoms. The highest BCUT2D eigenvalue weighted by Crippen LogP contribution is 2.37. The molecule has 2 aliphatic rings. The van der Waals surface area contributed by atoms with Crippen molar-refractivity contribution in [1.29, 1.82) is 0 Å². The van der Waals surface area contributed by atoms with Crippen molar-refractivity contribution in [2.75, 3.05) is 19.6 Å². The summed E-state index contributed by atoms with van der Waals surface area (Å²) in [5, 5.41) is 3.23. The standard InChI is InChI=1S/C17H23FN2O/c1-11-6-16(13-4-3-5-15(18)7-13)20(10-11)17(21)12(2)14-8-19-9-14/h3-5,7,11-12,14,16,19H,6,8-10H2,1-2H3. The number of rotatable bonds is 3. The van der Waals surface area contributed by atoms with Crippen LogP contribution in [0.25, 0.3) is 0 Å². The van der Waals surface area contributed by atoms with Crippen molar-refractivity contribution in [3.8, 4) is 0 Å². The number of nitrogens with one attached hydrogen (secondary N) is 1. The molecule has 0 aromatic heterocycles. The highest BCUT2D eigenvalue weighted by molar-refractivity contribution is 5.80. The number of hydrogen-bond donors (Lipinski definition) is 1. The fourth-order valence-corrected chi connectivity index (χ4v) is 3.45. The lowest BCUT2D eigenvalue weighted by molar-refractivity contribution is -0.138. The molecule has 1 aromatic carbocycles. The highest BCUT2D eigenvalue weighted by atomic mass is 19.1. The van der Waals surface area contributed by atoms with Crippen LogP contribution in [-0.2, 0) is 4.79 Å². The lowest BCUT2D eigenvalue weighted by Gasteiger charge is -2.35. The topological polar surface area (TPSA) is 32.3 Å². The van der Waals surface area contributed by atoms with E-state index >= 15 is 0 Å². The Kier molecular flexibility index (Phi) is 3.98. The Morgan fingerprint density at radius 1 is 1.43 bits per heavy atom. The molecule has 3 atom stereocenters. The Morgan fingerprint density at radius 2 is 2.19 bits per heavy atom. The monoisotopic (exact) mass is 290 g/mol. The van der Waals surface area contributed by atoms with Gasteiger partial charge in [-0.2, -0.15) is 0 Å². The number of benzene rings is 1. The largest absolute Gasteiger partial charge is 0.335 e. The van der Waals surface area contributed by atoms with Crippen molar-refractivity contribution < 1.29 is 9.18 Å². The number of amides is 1. The third-order valence-electron chi connectivity index (χ3n) is 4.94. The number of likely N-dealkylation sites (tertiary alicyclic amines) is 1. The molecule has 0 radical (unpaired) electrons. The van der Waals surface area contributed by atoms with Gasteiger partial charge < -0.3 is 10.2 Å². The van der Waals surface area contributed by atoms with E-state index in [1.165, 1.54) is 6.07 Å². The lowest BCUT2D eigenvalue weighted by atomic mass is 9.87.